The van der Waals surface area contributed by atoms with Crippen LogP contribution in [0.5, 0.6) is 0 Å². The van der Waals surface area contributed by atoms with E-state index in [-0.39, 0.29) is 11.3 Å². The molecule has 21 heavy (non-hydrogen) atoms. The Balaban J connectivity index is 2.12. The number of aromatic nitrogens is 1. The lowest BCUT2D eigenvalue weighted by molar-refractivity contribution is 0.102. The SMILES string of the molecule is CC(C)(C)c1ccc(NC(=O)c2cccc(NN)n2)cc1. The molecule has 4 N–H and O–H groups in total. The zero-order chi connectivity index (χ0) is 15.5. The Bertz CT molecular complexity index is 629. The lowest BCUT2D eigenvalue weighted by atomic mass is 9.87. The van der Waals surface area contributed by atoms with Crippen LogP contribution in [-0.4, -0.2) is 10.9 Å². The molecule has 5 heteroatoms. The first-order valence-corrected chi connectivity index (χ1v) is 6.76. The van der Waals surface area contributed by atoms with Gasteiger partial charge in [0.1, 0.15) is 11.5 Å². The topological polar surface area (TPSA) is 80.0 Å². The molecular weight excluding hydrogens is 264 g/mol. The van der Waals surface area contributed by atoms with Gasteiger partial charge in [0.25, 0.3) is 5.91 Å². The molecule has 0 aliphatic heterocycles. The first-order chi connectivity index (χ1) is 9.90. The van der Waals surface area contributed by atoms with Gasteiger partial charge in [-0.25, -0.2) is 10.8 Å². The van der Waals surface area contributed by atoms with Crippen LogP contribution in [-0.2, 0) is 5.41 Å². The number of nitrogens with one attached hydrogen (secondary N) is 2. The van der Waals surface area contributed by atoms with Crippen molar-refractivity contribution in [3.8, 4) is 0 Å². The molecule has 0 saturated carbocycles. The number of carbonyl (C=O) groups is 1. The number of nitrogen functional groups attached to an aromatic ring is 1. The molecule has 0 spiro atoms. The zero-order valence-corrected chi connectivity index (χ0v) is 12.5. The summed E-state index contributed by atoms with van der Waals surface area (Å²) in [4.78, 5) is 16.2. The molecule has 1 aromatic heterocycles. The van der Waals surface area contributed by atoms with E-state index in [0.717, 1.165) is 5.69 Å². The van der Waals surface area contributed by atoms with Crippen LogP contribution in [0.1, 0.15) is 36.8 Å². The normalized spacial score (nSPS) is 11.0. The predicted octanol–water partition coefficient (Wildman–Crippen LogP) is 2.92. The maximum Gasteiger partial charge on any atom is 0.274 e. The highest BCUT2D eigenvalue weighted by Crippen LogP contribution is 2.23. The maximum absolute atomic E-state index is 12.1. The van der Waals surface area contributed by atoms with Crippen molar-refractivity contribution in [2.75, 3.05) is 10.7 Å². The summed E-state index contributed by atoms with van der Waals surface area (Å²) in [6, 6.07) is 12.9. The first-order valence-electron chi connectivity index (χ1n) is 6.76. The molecule has 2 aromatic rings. The summed E-state index contributed by atoms with van der Waals surface area (Å²) in [5.41, 5.74) is 4.77. The van der Waals surface area contributed by atoms with E-state index in [1.54, 1.807) is 18.2 Å². The molecule has 0 unspecified atom stereocenters. The number of rotatable bonds is 3. The van der Waals surface area contributed by atoms with Crippen molar-refractivity contribution in [1.29, 1.82) is 0 Å². The van der Waals surface area contributed by atoms with Crippen LogP contribution in [0.4, 0.5) is 11.5 Å². The molecule has 0 aliphatic rings. The molecule has 0 atom stereocenters. The molecule has 5 nitrogen and oxygen atoms in total. The van der Waals surface area contributed by atoms with Crippen molar-refractivity contribution in [3.63, 3.8) is 0 Å². The highest BCUT2D eigenvalue weighted by Gasteiger charge is 2.13. The quantitative estimate of drug-likeness (QED) is 0.598. The molecular formula is C16H20N4O. The van der Waals surface area contributed by atoms with Crippen molar-refractivity contribution in [2.45, 2.75) is 26.2 Å². The zero-order valence-electron chi connectivity index (χ0n) is 12.5. The lowest BCUT2D eigenvalue weighted by Gasteiger charge is -2.19. The molecule has 2 rings (SSSR count). The van der Waals surface area contributed by atoms with Crippen LogP contribution in [0.15, 0.2) is 42.5 Å². The lowest BCUT2D eigenvalue weighted by Crippen LogP contribution is -2.16. The van der Waals surface area contributed by atoms with E-state index in [4.69, 9.17) is 5.84 Å². The van der Waals surface area contributed by atoms with Crippen LogP contribution in [0.3, 0.4) is 0 Å². The molecule has 110 valence electrons. The van der Waals surface area contributed by atoms with Gasteiger partial charge < -0.3 is 10.7 Å². The van der Waals surface area contributed by atoms with Crippen molar-refractivity contribution < 1.29 is 4.79 Å². The number of hydrogen-bond donors (Lipinski definition) is 3. The fourth-order valence-electron chi connectivity index (χ4n) is 1.89. The largest absolute Gasteiger partial charge is 0.321 e. The number of carbonyl (C=O) groups excluding carboxylic acids is 1. The van der Waals surface area contributed by atoms with E-state index in [9.17, 15) is 4.79 Å². The van der Waals surface area contributed by atoms with Gasteiger partial charge in [0.2, 0.25) is 0 Å². The average molecular weight is 284 g/mol. The van der Waals surface area contributed by atoms with Gasteiger partial charge in [-0.15, -0.1) is 0 Å². The summed E-state index contributed by atoms with van der Waals surface area (Å²) in [7, 11) is 0. The molecule has 1 amide bonds. The fraction of sp³-hybridized carbons (Fsp3) is 0.250. The summed E-state index contributed by atoms with van der Waals surface area (Å²) in [6.45, 7) is 6.45. The summed E-state index contributed by atoms with van der Waals surface area (Å²) >= 11 is 0. The standard InChI is InChI=1S/C16H20N4O/c1-16(2,3)11-7-9-12(10-8-11)18-15(21)13-5-4-6-14(19-13)20-17/h4-10H,17H2,1-3H3,(H,18,21)(H,19,20). The number of nitrogens with two attached hydrogens (primary N) is 1. The Hall–Kier alpha value is -2.40. The Morgan fingerprint density at radius 2 is 1.76 bits per heavy atom. The third-order valence-corrected chi connectivity index (χ3v) is 3.14. The molecule has 1 aromatic carbocycles. The van der Waals surface area contributed by atoms with Gasteiger partial charge in [0, 0.05) is 5.69 Å². The molecule has 0 saturated heterocycles. The van der Waals surface area contributed by atoms with Crippen molar-refractivity contribution in [2.24, 2.45) is 5.84 Å². The van der Waals surface area contributed by atoms with Gasteiger partial charge in [-0.3, -0.25) is 4.79 Å². The number of hydrazine groups is 1. The van der Waals surface area contributed by atoms with Gasteiger partial charge >= 0.3 is 0 Å². The Kier molecular flexibility index (Phi) is 4.23. The Labute approximate surface area is 124 Å². The van der Waals surface area contributed by atoms with Gasteiger partial charge in [-0.2, -0.15) is 0 Å². The second kappa shape index (κ2) is 5.93. The number of anilines is 2. The van der Waals surface area contributed by atoms with Crippen molar-refractivity contribution in [3.05, 3.63) is 53.7 Å². The number of benzene rings is 1. The highest BCUT2D eigenvalue weighted by atomic mass is 16.1. The van der Waals surface area contributed by atoms with Gasteiger partial charge in [-0.1, -0.05) is 39.0 Å². The molecule has 0 aliphatic carbocycles. The van der Waals surface area contributed by atoms with E-state index < -0.39 is 0 Å². The summed E-state index contributed by atoms with van der Waals surface area (Å²) in [6.07, 6.45) is 0. The Morgan fingerprint density at radius 1 is 1.10 bits per heavy atom. The van der Waals surface area contributed by atoms with E-state index in [1.807, 2.05) is 24.3 Å². The van der Waals surface area contributed by atoms with Crippen LogP contribution in [0.25, 0.3) is 0 Å². The van der Waals surface area contributed by atoms with Gasteiger partial charge in [-0.05, 0) is 35.2 Å². The number of pyridine rings is 1. The summed E-state index contributed by atoms with van der Waals surface area (Å²) in [5.74, 6) is 5.47. The van der Waals surface area contributed by atoms with E-state index in [2.05, 4.69) is 36.5 Å². The monoisotopic (exact) mass is 284 g/mol. The van der Waals surface area contributed by atoms with Crippen molar-refractivity contribution >= 4 is 17.4 Å². The fourth-order valence-corrected chi connectivity index (χ4v) is 1.89. The third kappa shape index (κ3) is 3.79. The van der Waals surface area contributed by atoms with Gasteiger partial charge in [0.05, 0.1) is 0 Å². The number of hydrogen-bond acceptors (Lipinski definition) is 4. The number of amides is 1. The second-order valence-corrected chi connectivity index (χ2v) is 5.83. The molecule has 0 fully saturated rings. The molecule has 0 radical (unpaired) electrons. The average Bonchev–Trinajstić information content (AvgIpc) is 2.47. The van der Waals surface area contributed by atoms with E-state index in [1.165, 1.54) is 5.56 Å². The second-order valence-electron chi connectivity index (χ2n) is 5.83. The predicted molar refractivity (Wildman–Crippen MR) is 85.1 cm³/mol. The minimum atomic E-state index is -0.268. The first kappa shape index (κ1) is 15.0. The van der Waals surface area contributed by atoms with Gasteiger partial charge in [0.15, 0.2) is 0 Å². The van der Waals surface area contributed by atoms with Crippen LogP contribution < -0.4 is 16.6 Å². The molecule has 1 heterocycles. The summed E-state index contributed by atoms with van der Waals surface area (Å²) < 4.78 is 0. The van der Waals surface area contributed by atoms with Crippen LogP contribution >= 0.6 is 0 Å². The maximum atomic E-state index is 12.1. The van der Waals surface area contributed by atoms with Crippen molar-refractivity contribution in [1.82, 2.24) is 4.98 Å². The Morgan fingerprint density at radius 3 is 2.33 bits per heavy atom. The highest BCUT2D eigenvalue weighted by molar-refractivity contribution is 6.03. The minimum Gasteiger partial charge on any atom is -0.321 e. The number of nitrogens with zero attached hydrogens (tertiary/aromatic N) is 1. The van der Waals surface area contributed by atoms with Crippen LogP contribution in [0.2, 0.25) is 0 Å². The summed E-state index contributed by atoms with van der Waals surface area (Å²) in [5, 5.41) is 2.82. The van der Waals surface area contributed by atoms with E-state index >= 15 is 0 Å². The molecule has 0 bridgehead atoms. The third-order valence-electron chi connectivity index (χ3n) is 3.14. The van der Waals surface area contributed by atoms with E-state index in [0.29, 0.717) is 11.5 Å². The van der Waals surface area contributed by atoms with Crippen LogP contribution in [0, 0.1) is 0 Å². The minimum absolute atomic E-state index is 0.0885. The smallest absolute Gasteiger partial charge is 0.274 e.